The van der Waals surface area contributed by atoms with E-state index in [4.69, 9.17) is 4.74 Å². The van der Waals surface area contributed by atoms with Crippen molar-refractivity contribution < 1.29 is 19.1 Å². The van der Waals surface area contributed by atoms with Gasteiger partial charge in [-0.2, -0.15) is 0 Å². The van der Waals surface area contributed by atoms with Crippen LogP contribution in [0.4, 0.5) is 4.79 Å². The lowest BCUT2D eigenvalue weighted by atomic mass is 9.89. The Bertz CT molecular complexity index is 652. The first-order valence-electron chi connectivity index (χ1n) is 8.21. The first kappa shape index (κ1) is 16.5. The minimum Gasteiger partial charge on any atom is -0.499 e. The molecule has 3 atom stereocenters. The number of rotatable bonds is 3. The third kappa shape index (κ3) is 2.39. The fraction of sp³-hybridized carbons (Fsp3) is 0.588. The van der Waals surface area contributed by atoms with E-state index in [9.17, 15) is 14.4 Å². The Balaban J connectivity index is 1.96. The summed E-state index contributed by atoms with van der Waals surface area (Å²) in [6.07, 6.45) is 4.54. The molecule has 2 saturated heterocycles. The van der Waals surface area contributed by atoms with Gasteiger partial charge in [0.1, 0.15) is 17.8 Å². The van der Waals surface area contributed by atoms with Crippen LogP contribution in [0.1, 0.15) is 26.7 Å². The minimum absolute atomic E-state index is 0.219. The third-order valence-electron chi connectivity index (χ3n) is 5.00. The van der Waals surface area contributed by atoms with Gasteiger partial charge in [0.25, 0.3) is 0 Å². The molecule has 130 valence electrons. The van der Waals surface area contributed by atoms with Crippen LogP contribution >= 0.6 is 0 Å². The second-order valence-electron chi connectivity index (χ2n) is 6.74. The zero-order valence-electron chi connectivity index (χ0n) is 14.4. The van der Waals surface area contributed by atoms with Crippen LogP contribution in [0.2, 0.25) is 0 Å². The molecule has 0 aromatic carbocycles. The lowest BCUT2D eigenvalue weighted by Crippen LogP contribution is -2.55. The van der Waals surface area contributed by atoms with Crippen LogP contribution < -0.4 is 5.32 Å². The van der Waals surface area contributed by atoms with Gasteiger partial charge in [-0.25, -0.2) is 4.79 Å². The number of piperidine rings is 1. The molecule has 7 heteroatoms. The number of ether oxygens (including phenoxy) is 1. The highest BCUT2D eigenvalue weighted by Crippen LogP contribution is 2.37. The maximum Gasteiger partial charge on any atom is 0.321 e. The number of methoxy groups -OCH3 is 1. The van der Waals surface area contributed by atoms with Gasteiger partial charge >= 0.3 is 6.03 Å². The molecule has 1 N–H and O–H groups in total. The largest absolute Gasteiger partial charge is 0.499 e. The van der Waals surface area contributed by atoms with E-state index in [-0.39, 0.29) is 36.4 Å². The van der Waals surface area contributed by atoms with Crippen LogP contribution in [0, 0.1) is 5.92 Å². The number of nitrogens with zero attached hydrogens (tertiary/aromatic N) is 2. The zero-order chi connectivity index (χ0) is 17.6. The van der Waals surface area contributed by atoms with E-state index < -0.39 is 11.9 Å². The van der Waals surface area contributed by atoms with Gasteiger partial charge in [-0.3, -0.25) is 14.9 Å². The topological polar surface area (TPSA) is 79.0 Å². The van der Waals surface area contributed by atoms with Crippen molar-refractivity contribution in [2.24, 2.45) is 5.92 Å². The maximum absolute atomic E-state index is 12.8. The Kier molecular flexibility index (Phi) is 4.11. The number of fused-ring (bicyclic) bond motifs is 1. The van der Waals surface area contributed by atoms with Crippen molar-refractivity contribution >= 4 is 17.8 Å². The van der Waals surface area contributed by atoms with Crippen LogP contribution in [-0.2, 0) is 14.3 Å². The van der Waals surface area contributed by atoms with E-state index in [1.807, 2.05) is 12.2 Å². The number of nitrogens with one attached hydrogen (secondary N) is 1. The van der Waals surface area contributed by atoms with Crippen LogP contribution in [0.3, 0.4) is 0 Å². The average molecular weight is 333 g/mol. The van der Waals surface area contributed by atoms with E-state index in [0.717, 1.165) is 11.3 Å². The van der Waals surface area contributed by atoms with Crippen molar-refractivity contribution in [3.05, 3.63) is 23.5 Å². The molecule has 3 aliphatic rings. The molecule has 2 fully saturated rings. The van der Waals surface area contributed by atoms with E-state index >= 15 is 0 Å². The van der Waals surface area contributed by atoms with Gasteiger partial charge in [0.05, 0.1) is 13.2 Å². The number of carbonyl (C=O) groups is 3. The van der Waals surface area contributed by atoms with Crippen LogP contribution in [-0.4, -0.2) is 59.9 Å². The number of carbonyl (C=O) groups excluding carboxylic acids is 3. The Morgan fingerprint density at radius 2 is 2.00 bits per heavy atom. The molecule has 4 amide bonds. The highest BCUT2D eigenvalue weighted by atomic mass is 16.5. The zero-order valence-corrected chi connectivity index (χ0v) is 14.4. The summed E-state index contributed by atoms with van der Waals surface area (Å²) in [5.41, 5.74) is 1.06. The Hall–Kier alpha value is -2.31. The number of hydrogen-bond donors (Lipinski definition) is 1. The molecule has 2 heterocycles. The molecule has 3 unspecified atom stereocenters. The van der Waals surface area contributed by atoms with Crippen molar-refractivity contribution in [2.75, 3.05) is 14.2 Å². The predicted molar refractivity (Wildman–Crippen MR) is 86.8 cm³/mol. The molecule has 0 aromatic rings. The quantitative estimate of drug-likeness (QED) is 0.782. The molecule has 1 aliphatic carbocycles. The predicted octanol–water partition coefficient (Wildman–Crippen LogP) is 1.02. The van der Waals surface area contributed by atoms with Gasteiger partial charge in [-0.15, -0.1) is 0 Å². The third-order valence-corrected chi connectivity index (χ3v) is 5.00. The Labute approximate surface area is 141 Å². The smallest absolute Gasteiger partial charge is 0.321 e. The SMILES string of the molecule is COC1=C(C(C)C)C=CC2C1N(C)C(=O)N2C1CCC(=O)NC1=O. The van der Waals surface area contributed by atoms with Crippen LogP contribution in [0.25, 0.3) is 0 Å². The molecular weight excluding hydrogens is 310 g/mol. The molecule has 0 saturated carbocycles. The van der Waals surface area contributed by atoms with Gasteiger partial charge in [0.15, 0.2) is 0 Å². The fourth-order valence-electron chi connectivity index (χ4n) is 3.80. The van der Waals surface area contributed by atoms with E-state index in [1.165, 1.54) is 0 Å². The summed E-state index contributed by atoms with van der Waals surface area (Å²) in [5, 5.41) is 2.33. The van der Waals surface area contributed by atoms with Gasteiger partial charge in [-0.05, 0) is 17.9 Å². The molecule has 0 bridgehead atoms. The molecule has 0 spiro atoms. The number of urea groups is 1. The first-order chi connectivity index (χ1) is 11.4. The number of imide groups is 1. The summed E-state index contributed by atoms with van der Waals surface area (Å²) in [6.45, 7) is 4.15. The summed E-state index contributed by atoms with van der Waals surface area (Å²) < 4.78 is 5.63. The van der Waals surface area contributed by atoms with Crippen molar-refractivity contribution in [1.82, 2.24) is 15.1 Å². The Morgan fingerprint density at radius 3 is 2.58 bits per heavy atom. The van der Waals surface area contributed by atoms with Gasteiger partial charge in [-0.1, -0.05) is 26.0 Å². The molecule has 7 nitrogen and oxygen atoms in total. The molecule has 0 radical (unpaired) electrons. The molecule has 2 aliphatic heterocycles. The normalized spacial score (nSPS) is 30.2. The second-order valence-corrected chi connectivity index (χ2v) is 6.74. The Morgan fingerprint density at radius 1 is 1.29 bits per heavy atom. The lowest BCUT2D eigenvalue weighted by molar-refractivity contribution is -0.136. The van der Waals surface area contributed by atoms with Crippen LogP contribution in [0.15, 0.2) is 23.5 Å². The van der Waals surface area contributed by atoms with Crippen molar-refractivity contribution in [3.63, 3.8) is 0 Å². The summed E-state index contributed by atoms with van der Waals surface area (Å²) in [7, 11) is 3.34. The van der Waals surface area contributed by atoms with Gasteiger partial charge < -0.3 is 14.5 Å². The van der Waals surface area contributed by atoms with Gasteiger partial charge in [0.2, 0.25) is 11.8 Å². The fourth-order valence-corrected chi connectivity index (χ4v) is 3.80. The summed E-state index contributed by atoms with van der Waals surface area (Å²) >= 11 is 0. The van der Waals surface area contributed by atoms with Gasteiger partial charge in [0, 0.05) is 13.5 Å². The molecular formula is C17H23N3O4. The number of amides is 4. The molecule has 24 heavy (non-hydrogen) atoms. The van der Waals surface area contributed by atoms with E-state index in [2.05, 4.69) is 19.2 Å². The number of allylic oxidation sites excluding steroid dienone is 2. The van der Waals surface area contributed by atoms with Crippen molar-refractivity contribution in [2.45, 2.75) is 44.8 Å². The summed E-state index contributed by atoms with van der Waals surface area (Å²) in [5.74, 6) is 0.347. The summed E-state index contributed by atoms with van der Waals surface area (Å²) in [6, 6.07) is -1.38. The first-order valence-corrected chi connectivity index (χ1v) is 8.21. The monoisotopic (exact) mass is 333 g/mol. The highest BCUT2D eigenvalue weighted by Gasteiger charge is 2.52. The van der Waals surface area contributed by atoms with Crippen LogP contribution in [0.5, 0.6) is 0 Å². The number of hydrogen-bond acceptors (Lipinski definition) is 4. The van der Waals surface area contributed by atoms with Crippen molar-refractivity contribution in [3.8, 4) is 0 Å². The van der Waals surface area contributed by atoms with Crippen molar-refractivity contribution in [1.29, 1.82) is 0 Å². The van der Waals surface area contributed by atoms with E-state index in [0.29, 0.717) is 6.42 Å². The minimum atomic E-state index is -0.629. The standard InChI is InChI=1S/C17H23N3O4/c1-9(2)10-5-6-11-14(15(10)24-4)19(3)17(23)20(11)12-7-8-13(21)18-16(12)22/h5-6,9,11-12,14H,7-8H2,1-4H3,(H,18,21,22). The molecule has 3 rings (SSSR count). The molecule has 0 aromatic heterocycles. The summed E-state index contributed by atoms with van der Waals surface area (Å²) in [4.78, 5) is 39.6. The average Bonchev–Trinajstić information content (AvgIpc) is 2.78. The van der Waals surface area contributed by atoms with E-state index in [1.54, 1.807) is 24.0 Å². The second kappa shape index (κ2) is 5.96. The lowest BCUT2D eigenvalue weighted by Gasteiger charge is -2.35. The highest BCUT2D eigenvalue weighted by molar-refractivity contribution is 6.02. The number of likely N-dealkylation sites (N-methyl/N-ethyl adjacent to an activating group) is 1. The maximum atomic E-state index is 12.8.